The Kier molecular flexibility index (Phi) is 4.27. The van der Waals surface area contributed by atoms with E-state index in [-0.39, 0.29) is 5.82 Å². The molecule has 0 unspecified atom stereocenters. The van der Waals surface area contributed by atoms with Crippen molar-refractivity contribution in [3.63, 3.8) is 0 Å². The molecule has 25 heavy (non-hydrogen) atoms. The van der Waals surface area contributed by atoms with Crippen LogP contribution in [0, 0.1) is 12.7 Å². The molecule has 2 aromatic heterocycles. The van der Waals surface area contributed by atoms with E-state index >= 15 is 0 Å². The van der Waals surface area contributed by atoms with E-state index in [0.29, 0.717) is 35.4 Å². The number of hydrogen-bond donors (Lipinski definition) is 0. The van der Waals surface area contributed by atoms with Gasteiger partial charge in [-0.25, -0.2) is 9.37 Å². The monoisotopic (exact) mass is 342 g/mol. The lowest BCUT2D eigenvalue weighted by Crippen LogP contribution is -2.32. The van der Waals surface area contributed by atoms with Crippen LogP contribution in [0.5, 0.6) is 0 Å². The molecule has 1 fully saturated rings. The molecule has 7 nitrogen and oxygen atoms in total. The molecule has 3 aromatic rings. The SMILES string of the molecule is Cc1ccc(-c2noc(CN3CCC[C@H]3Cn3cncn3)n2)cc1F. The van der Waals surface area contributed by atoms with Crippen LogP contribution in [-0.2, 0) is 13.1 Å². The first-order valence-electron chi connectivity index (χ1n) is 8.34. The molecular formula is C17H19FN6O. The highest BCUT2D eigenvalue weighted by Gasteiger charge is 2.27. The second-order valence-corrected chi connectivity index (χ2v) is 6.36. The van der Waals surface area contributed by atoms with Crippen molar-refractivity contribution in [2.24, 2.45) is 0 Å². The Balaban J connectivity index is 1.46. The standard InChI is InChI=1S/C17H19FN6O/c1-12-4-5-13(7-15(12)18)17-21-16(25-22-17)9-23-6-2-3-14(23)8-24-11-19-10-20-24/h4-5,7,10-11,14H,2-3,6,8-9H2,1H3/t14-/m0/s1. The zero-order valence-corrected chi connectivity index (χ0v) is 14.0. The molecule has 3 heterocycles. The summed E-state index contributed by atoms with van der Waals surface area (Å²) in [6.45, 7) is 4.09. The molecule has 0 radical (unpaired) electrons. The Morgan fingerprint density at radius 1 is 1.36 bits per heavy atom. The summed E-state index contributed by atoms with van der Waals surface area (Å²) in [7, 11) is 0. The fourth-order valence-electron chi connectivity index (χ4n) is 3.20. The van der Waals surface area contributed by atoms with E-state index in [4.69, 9.17) is 4.52 Å². The minimum atomic E-state index is -0.267. The van der Waals surface area contributed by atoms with Crippen LogP contribution in [0.15, 0.2) is 35.4 Å². The quantitative estimate of drug-likeness (QED) is 0.709. The van der Waals surface area contributed by atoms with E-state index in [1.54, 1.807) is 31.7 Å². The summed E-state index contributed by atoms with van der Waals surface area (Å²) < 4.78 is 20.9. The van der Waals surface area contributed by atoms with Crippen molar-refractivity contribution in [3.05, 3.63) is 48.1 Å². The van der Waals surface area contributed by atoms with Gasteiger partial charge in [-0.2, -0.15) is 10.1 Å². The van der Waals surface area contributed by atoms with Crippen LogP contribution in [0.25, 0.3) is 11.4 Å². The van der Waals surface area contributed by atoms with Crippen LogP contribution in [0.2, 0.25) is 0 Å². The third-order valence-electron chi connectivity index (χ3n) is 4.60. The average molecular weight is 342 g/mol. The number of aryl methyl sites for hydroxylation is 1. The minimum absolute atomic E-state index is 0.267. The maximum absolute atomic E-state index is 13.7. The third-order valence-corrected chi connectivity index (χ3v) is 4.60. The Hall–Kier alpha value is -2.61. The zero-order valence-electron chi connectivity index (χ0n) is 14.0. The summed E-state index contributed by atoms with van der Waals surface area (Å²) in [5.41, 5.74) is 1.22. The lowest BCUT2D eigenvalue weighted by molar-refractivity contribution is 0.192. The van der Waals surface area contributed by atoms with Crippen molar-refractivity contribution < 1.29 is 8.91 Å². The minimum Gasteiger partial charge on any atom is -0.338 e. The van der Waals surface area contributed by atoms with E-state index in [1.165, 1.54) is 6.07 Å². The van der Waals surface area contributed by atoms with Gasteiger partial charge in [-0.1, -0.05) is 17.3 Å². The van der Waals surface area contributed by atoms with Gasteiger partial charge < -0.3 is 4.52 Å². The number of benzene rings is 1. The normalized spacial score (nSPS) is 18.1. The van der Waals surface area contributed by atoms with Gasteiger partial charge in [-0.15, -0.1) is 0 Å². The first-order valence-corrected chi connectivity index (χ1v) is 8.34. The molecule has 4 rings (SSSR count). The number of nitrogens with zero attached hydrogens (tertiary/aromatic N) is 6. The molecular weight excluding hydrogens is 323 g/mol. The van der Waals surface area contributed by atoms with Gasteiger partial charge in [0.15, 0.2) is 0 Å². The second-order valence-electron chi connectivity index (χ2n) is 6.36. The summed E-state index contributed by atoms with van der Waals surface area (Å²) in [5.74, 6) is 0.693. The fraction of sp³-hybridized carbons (Fsp3) is 0.412. The van der Waals surface area contributed by atoms with E-state index in [0.717, 1.165) is 25.9 Å². The van der Waals surface area contributed by atoms with Gasteiger partial charge in [0.05, 0.1) is 13.1 Å². The number of rotatable bonds is 5. The van der Waals surface area contributed by atoms with Crippen LogP contribution in [0.4, 0.5) is 4.39 Å². The lowest BCUT2D eigenvalue weighted by atomic mass is 10.1. The van der Waals surface area contributed by atoms with Crippen LogP contribution in [0.1, 0.15) is 24.3 Å². The number of halogens is 1. The molecule has 1 saturated heterocycles. The van der Waals surface area contributed by atoms with Crippen molar-refractivity contribution in [1.29, 1.82) is 0 Å². The molecule has 0 bridgehead atoms. The molecule has 0 spiro atoms. The Bertz CT molecular complexity index is 847. The molecule has 0 saturated carbocycles. The van der Waals surface area contributed by atoms with Crippen LogP contribution < -0.4 is 0 Å². The highest BCUT2D eigenvalue weighted by atomic mass is 19.1. The first kappa shape index (κ1) is 15.9. The summed E-state index contributed by atoms with van der Waals surface area (Å²) in [4.78, 5) is 10.7. The summed E-state index contributed by atoms with van der Waals surface area (Å²) in [5, 5.41) is 8.17. The molecule has 0 aliphatic carbocycles. The highest BCUT2D eigenvalue weighted by Crippen LogP contribution is 2.23. The van der Waals surface area contributed by atoms with Gasteiger partial charge in [-0.05, 0) is 37.9 Å². The molecule has 1 aliphatic heterocycles. The Morgan fingerprint density at radius 3 is 3.08 bits per heavy atom. The number of hydrogen-bond acceptors (Lipinski definition) is 6. The fourth-order valence-corrected chi connectivity index (χ4v) is 3.20. The molecule has 8 heteroatoms. The van der Waals surface area contributed by atoms with E-state index in [1.807, 2.05) is 4.68 Å². The largest absolute Gasteiger partial charge is 0.338 e. The number of aromatic nitrogens is 5. The van der Waals surface area contributed by atoms with Gasteiger partial charge in [0.1, 0.15) is 18.5 Å². The lowest BCUT2D eigenvalue weighted by Gasteiger charge is -2.22. The molecule has 1 aliphatic rings. The molecule has 0 amide bonds. The highest BCUT2D eigenvalue weighted by molar-refractivity contribution is 5.54. The van der Waals surface area contributed by atoms with Gasteiger partial charge >= 0.3 is 0 Å². The molecule has 1 atom stereocenters. The molecule has 1 aromatic carbocycles. The van der Waals surface area contributed by atoms with Crippen LogP contribution in [0.3, 0.4) is 0 Å². The number of likely N-dealkylation sites (tertiary alicyclic amines) is 1. The van der Waals surface area contributed by atoms with Crippen molar-refractivity contribution in [2.45, 2.75) is 38.9 Å². The first-order chi connectivity index (χ1) is 12.2. The maximum Gasteiger partial charge on any atom is 0.241 e. The van der Waals surface area contributed by atoms with Gasteiger partial charge in [-0.3, -0.25) is 9.58 Å². The summed E-state index contributed by atoms with van der Waals surface area (Å²) in [6.07, 6.45) is 5.51. The maximum atomic E-state index is 13.7. The van der Waals surface area contributed by atoms with Gasteiger partial charge in [0, 0.05) is 11.6 Å². The predicted octanol–water partition coefficient (Wildman–Crippen LogP) is 2.44. The molecule has 0 N–H and O–H groups in total. The second kappa shape index (κ2) is 6.72. The van der Waals surface area contributed by atoms with Crippen molar-refractivity contribution in [2.75, 3.05) is 6.54 Å². The van der Waals surface area contributed by atoms with E-state index in [9.17, 15) is 4.39 Å². The van der Waals surface area contributed by atoms with Gasteiger partial charge in [0.25, 0.3) is 0 Å². The Labute approximate surface area is 144 Å². The van der Waals surface area contributed by atoms with Crippen LogP contribution >= 0.6 is 0 Å². The summed E-state index contributed by atoms with van der Waals surface area (Å²) >= 11 is 0. The van der Waals surface area contributed by atoms with Crippen molar-refractivity contribution >= 4 is 0 Å². The molecule has 130 valence electrons. The van der Waals surface area contributed by atoms with Crippen molar-refractivity contribution in [3.8, 4) is 11.4 Å². The van der Waals surface area contributed by atoms with Crippen LogP contribution in [-0.4, -0.2) is 42.4 Å². The Morgan fingerprint density at radius 2 is 2.28 bits per heavy atom. The smallest absolute Gasteiger partial charge is 0.241 e. The van der Waals surface area contributed by atoms with Gasteiger partial charge in [0.2, 0.25) is 11.7 Å². The third kappa shape index (κ3) is 3.43. The van der Waals surface area contributed by atoms with E-state index in [2.05, 4.69) is 25.1 Å². The topological polar surface area (TPSA) is 72.9 Å². The summed E-state index contributed by atoms with van der Waals surface area (Å²) in [6, 6.07) is 5.33. The van der Waals surface area contributed by atoms with Crippen molar-refractivity contribution in [1.82, 2.24) is 29.8 Å². The average Bonchev–Trinajstić information content (AvgIpc) is 3.34. The zero-order chi connectivity index (χ0) is 17.2. The van der Waals surface area contributed by atoms with E-state index < -0.39 is 0 Å². The predicted molar refractivity (Wildman–Crippen MR) is 87.9 cm³/mol.